The topological polar surface area (TPSA) is 15.3 Å². The summed E-state index contributed by atoms with van der Waals surface area (Å²) in [4.78, 5) is 2.36. The molecule has 0 amide bonds. The predicted octanol–water partition coefficient (Wildman–Crippen LogP) is 4.37. The van der Waals surface area contributed by atoms with Gasteiger partial charge in [0, 0.05) is 36.2 Å². The fourth-order valence-electron chi connectivity index (χ4n) is 2.91. The van der Waals surface area contributed by atoms with Gasteiger partial charge in [0.15, 0.2) is 0 Å². The van der Waals surface area contributed by atoms with Crippen LogP contribution in [0.4, 0.5) is 4.39 Å². The second-order valence-corrected chi connectivity index (χ2v) is 7.07. The molecule has 1 aromatic carbocycles. The first-order valence-electron chi connectivity index (χ1n) is 7.09. The van der Waals surface area contributed by atoms with E-state index < -0.39 is 0 Å². The van der Waals surface area contributed by atoms with Gasteiger partial charge in [-0.25, -0.2) is 4.39 Å². The normalized spacial score (nSPS) is 17.0. The first kappa shape index (κ1) is 17.9. The maximum absolute atomic E-state index is 14.7. The molecule has 0 bridgehead atoms. The molecule has 0 radical (unpaired) electrons. The van der Waals surface area contributed by atoms with Gasteiger partial charge in [-0.3, -0.25) is 4.90 Å². The third-order valence-corrected chi connectivity index (χ3v) is 5.08. The molecule has 2 heterocycles. The number of hydrogen-bond donors (Lipinski definition) is 1. The Morgan fingerprint density at radius 2 is 2.05 bits per heavy atom. The Kier molecular flexibility index (Phi) is 6.41. The van der Waals surface area contributed by atoms with Crippen LogP contribution in [0.3, 0.4) is 0 Å². The number of benzene rings is 1. The molecule has 120 valence electrons. The minimum absolute atomic E-state index is 0. The van der Waals surface area contributed by atoms with Crippen LogP contribution in [0, 0.1) is 12.7 Å². The minimum Gasteiger partial charge on any atom is -0.314 e. The number of nitrogens with one attached hydrogen (secondary N) is 1. The Morgan fingerprint density at radius 3 is 2.68 bits per heavy atom. The maximum Gasteiger partial charge on any atom is 0.131 e. The molecule has 1 aromatic heterocycles. The molecule has 2 nitrogen and oxygen atoms in total. The van der Waals surface area contributed by atoms with Crippen LogP contribution >= 0.6 is 39.7 Å². The van der Waals surface area contributed by atoms with E-state index in [-0.39, 0.29) is 24.3 Å². The number of rotatable bonds is 3. The lowest BCUT2D eigenvalue weighted by Crippen LogP contribution is -2.45. The molecule has 0 aliphatic carbocycles. The zero-order chi connectivity index (χ0) is 14.8. The highest BCUT2D eigenvalue weighted by atomic mass is 79.9. The summed E-state index contributed by atoms with van der Waals surface area (Å²) in [5.74, 6) is -0.0899. The van der Waals surface area contributed by atoms with E-state index >= 15 is 0 Å². The van der Waals surface area contributed by atoms with Crippen molar-refractivity contribution in [3.63, 3.8) is 0 Å². The number of hydrogen-bond acceptors (Lipinski definition) is 3. The molecular weight excluding hydrogens is 387 g/mol. The zero-order valence-electron chi connectivity index (χ0n) is 12.3. The molecule has 0 saturated carbocycles. The van der Waals surface area contributed by atoms with Crippen molar-refractivity contribution in [1.82, 2.24) is 10.2 Å². The highest BCUT2D eigenvalue weighted by molar-refractivity contribution is 9.10. The monoisotopic (exact) mass is 404 g/mol. The number of nitrogens with zero attached hydrogens (tertiary/aromatic N) is 1. The van der Waals surface area contributed by atoms with Crippen molar-refractivity contribution >= 4 is 39.7 Å². The molecule has 1 saturated heterocycles. The van der Waals surface area contributed by atoms with Crippen molar-refractivity contribution in [2.45, 2.75) is 13.0 Å². The molecule has 1 atom stereocenters. The van der Waals surface area contributed by atoms with Gasteiger partial charge < -0.3 is 5.32 Å². The smallest absolute Gasteiger partial charge is 0.131 e. The Morgan fingerprint density at radius 1 is 1.32 bits per heavy atom. The number of thiophene rings is 1. The molecule has 1 fully saturated rings. The van der Waals surface area contributed by atoms with Gasteiger partial charge in [0.05, 0.1) is 6.04 Å². The van der Waals surface area contributed by atoms with E-state index in [2.05, 4.69) is 43.0 Å². The van der Waals surface area contributed by atoms with E-state index in [0.29, 0.717) is 5.56 Å². The van der Waals surface area contributed by atoms with E-state index in [1.807, 2.05) is 19.1 Å². The number of piperazine rings is 1. The third-order valence-electron chi connectivity index (χ3n) is 3.92. The van der Waals surface area contributed by atoms with Crippen molar-refractivity contribution in [2.75, 3.05) is 26.2 Å². The van der Waals surface area contributed by atoms with E-state index in [9.17, 15) is 4.39 Å². The quantitative estimate of drug-likeness (QED) is 0.815. The molecule has 1 aliphatic rings. The third kappa shape index (κ3) is 3.71. The van der Waals surface area contributed by atoms with Crippen molar-refractivity contribution in [2.24, 2.45) is 0 Å². The van der Waals surface area contributed by atoms with Crippen LogP contribution in [0.2, 0.25) is 0 Å². The van der Waals surface area contributed by atoms with Gasteiger partial charge >= 0.3 is 0 Å². The first-order valence-corrected chi connectivity index (χ1v) is 8.83. The van der Waals surface area contributed by atoms with E-state index in [1.54, 1.807) is 11.3 Å². The van der Waals surface area contributed by atoms with Gasteiger partial charge in [-0.15, -0.1) is 12.4 Å². The van der Waals surface area contributed by atoms with Gasteiger partial charge in [-0.05, 0) is 47.0 Å². The Bertz CT molecular complexity index is 615. The van der Waals surface area contributed by atoms with Crippen molar-refractivity contribution < 1.29 is 4.39 Å². The predicted molar refractivity (Wildman–Crippen MR) is 96.7 cm³/mol. The van der Waals surface area contributed by atoms with E-state index in [0.717, 1.165) is 36.2 Å². The summed E-state index contributed by atoms with van der Waals surface area (Å²) >= 11 is 5.17. The van der Waals surface area contributed by atoms with Crippen LogP contribution in [0.15, 0.2) is 33.4 Å². The number of aryl methyl sites for hydroxylation is 1. The first-order chi connectivity index (χ1) is 10.2. The summed E-state index contributed by atoms with van der Waals surface area (Å²) in [7, 11) is 0. The molecule has 1 N–H and O–H groups in total. The van der Waals surface area contributed by atoms with E-state index in [1.165, 1.54) is 5.56 Å². The van der Waals surface area contributed by atoms with Crippen LogP contribution in [0.1, 0.15) is 22.7 Å². The maximum atomic E-state index is 14.7. The lowest BCUT2D eigenvalue weighted by molar-refractivity contribution is 0.195. The lowest BCUT2D eigenvalue weighted by atomic mass is 9.96. The molecule has 1 aliphatic heterocycles. The van der Waals surface area contributed by atoms with Crippen molar-refractivity contribution in [3.05, 3.63) is 55.9 Å². The van der Waals surface area contributed by atoms with Gasteiger partial charge in [0.25, 0.3) is 0 Å². The Labute approximate surface area is 149 Å². The largest absolute Gasteiger partial charge is 0.314 e. The van der Waals surface area contributed by atoms with E-state index in [4.69, 9.17) is 0 Å². The molecule has 6 heteroatoms. The van der Waals surface area contributed by atoms with Gasteiger partial charge in [0.2, 0.25) is 0 Å². The fourth-order valence-corrected chi connectivity index (χ4v) is 4.18. The van der Waals surface area contributed by atoms with Crippen molar-refractivity contribution in [1.29, 1.82) is 0 Å². The Hall–Kier alpha value is -0.460. The van der Waals surface area contributed by atoms with Crippen LogP contribution < -0.4 is 5.32 Å². The van der Waals surface area contributed by atoms with Gasteiger partial charge in [-0.1, -0.05) is 15.9 Å². The SMILES string of the molecule is Cc1cc(Br)cc([C@@H](c2ccsc2)N2CCNCC2)c1F.Cl. The summed E-state index contributed by atoms with van der Waals surface area (Å²) in [6.07, 6.45) is 0. The minimum atomic E-state index is -0.0899. The molecular formula is C16H19BrClFN2S. The summed E-state index contributed by atoms with van der Waals surface area (Å²) in [6, 6.07) is 5.86. The molecule has 0 spiro atoms. The van der Waals surface area contributed by atoms with Gasteiger partial charge in [0.1, 0.15) is 5.82 Å². The zero-order valence-corrected chi connectivity index (χ0v) is 15.5. The van der Waals surface area contributed by atoms with Crippen molar-refractivity contribution in [3.8, 4) is 0 Å². The second kappa shape index (κ2) is 7.88. The lowest BCUT2D eigenvalue weighted by Gasteiger charge is -2.35. The highest BCUT2D eigenvalue weighted by Crippen LogP contribution is 2.34. The molecule has 2 aromatic rings. The summed E-state index contributed by atoms with van der Waals surface area (Å²) in [5.41, 5.74) is 2.63. The summed E-state index contributed by atoms with van der Waals surface area (Å²) in [5, 5.41) is 7.55. The average molecular weight is 406 g/mol. The van der Waals surface area contributed by atoms with Crippen LogP contribution in [-0.2, 0) is 0 Å². The molecule has 3 rings (SSSR count). The van der Waals surface area contributed by atoms with Gasteiger partial charge in [-0.2, -0.15) is 11.3 Å². The summed E-state index contributed by atoms with van der Waals surface area (Å²) < 4.78 is 15.7. The van der Waals surface area contributed by atoms with Crippen LogP contribution in [-0.4, -0.2) is 31.1 Å². The Balaban J connectivity index is 0.00000176. The van der Waals surface area contributed by atoms with Crippen LogP contribution in [0.5, 0.6) is 0 Å². The standard InChI is InChI=1S/C16H18BrFN2S.ClH/c1-11-8-13(17)9-14(15(11)18)16(12-2-7-21-10-12)20-5-3-19-4-6-20;/h2,7-10,16,19H,3-6H2,1H3;1H/t16-;/m1./s1. The van der Waals surface area contributed by atoms with Crippen LogP contribution in [0.25, 0.3) is 0 Å². The highest BCUT2D eigenvalue weighted by Gasteiger charge is 2.27. The average Bonchev–Trinajstić information content (AvgIpc) is 2.99. The summed E-state index contributed by atoms with van der Waals surface area (Å²) in [6.45, 7) is 5.60. The fraction of sp³-hybridized carbons (Fsp3) is 0.375. The number of halogens is 3. The molecule has 22 heavy (non-hydrogen) atoms. The second-order valence-electron chi connectivity index (χ2n) is 5.37. The molecule has 0 unspecified atom stereocenters.